The molecule has 1 amide bonds. The molecule has 0 saturated carbocycles. The number of anilines is 1. The second-order valence-corrected chi connectivity index (χ2v) is 7.09. The van der Waals surface area contributed by atoms with Gasteiger partial charge in [-0.1, -0.05) is 24.3 Å². The Hall–Kier alpha value is -2.73. The Kier molecular flexibility index (Phi) is 3.97. The smallest absolute Gasteiger partial charge is 0.267 e. The molecule has 1 aliphatic rings. The van der Waals surface area contributed by atoms with Crippen molar-refractivity contribution < 1.29 is 4.79 Å². The highest BCUT2D eigenvalue weighted by atomic mass is 32.1. The lowest BCUT2D eigenvalue weighted by Crippen LogP contribution is -2.40. The van der Waals surface area contributed by atoms with E-state index in [1.165, 1.54) is 10.7 Å². The number of fused-ring (bicyclic) bond motifs is 1. The van der Waals surface area contributed by atoms with Gasteiger partial charge in [-0.05, 0) is 42.5 Å². The Labute approximate surface area is 149 Å². The van der Waals surface area contributed by atoms with Crippen molar-refractivity contribution in [3.63, 3.8) is 0 Å². The quantitative estimate of drug-likeness (QED) is 0.729. The molecule has 4 rings (SSSR count). The number of para-hydroxylation sites is 1. The van der Waals surface area contributed by atoms with Crippen molar-refractivity contribution in [2.45, 2.75) is 25.9 Å². The first-order chi connectivity index (χ1) is 12.1. The Morgan fingerprint density at radius 2 is 2.04 bits per heavy atom. The maximum absolute atomic E-state index is 12.9. The van der Waals surface area contributed by atoms with E-state index in [0.717, 1.165) is 22.5 Å². The van der Waals surface area contributed by atoms with E-state index in [-0.39, 0.29) is 24.1 Å². The third-order valence-corrected chi connectivity index (χ3v) is 5.29. The molecular weight excluding hydrogens is 334 g/mol. The molecule has 0 spiro atoms. The van der Waals surface area contributed by atoms with Crippen LogP contribution in [0.5, 0.6) is 0 Å². The van der Waals surface area contributed by atoms with Gasteiger partial charge in [0.1, 0.15) is 12.2 Å². The Balaban J connectivity index is 1.63. The van der Waals surface area contributed by atoms with Crippen LogP contribution in [0.2, 0.25) is 0 Å². The third kappa shape index (κ3) is 2.89. The molecule has 0 unspecified atom stereocenters. The minimum absolute atomic E-state index is 0.0588. The van der Waals surface area contributed by atoms with Gasteiger partial charge in [-0.25, -0.2) is 4.68 Å². The number of benzene rings is 1. The average molecular weight is 351 g/mol. The fraction of sp³-hybridized carbons (Fsp3) is 0.211. The van der Waals surface area contributed by atoms with Crippen molar-refractivity contribution in [1.29, 1.82) is 0 Å². The second-order valence-electron chi connectivity index (χ2n) is 6.14. The molecular formula is C19H17N3O2S. The van der Waals surface area contributed by atoms with Crippen LogP contribution in [-0.4, -0.2) is 21.7 Å². The van der Waals surface area contributed by atoms with E-state index < -0.39 is 0 Å². The van der Waals surface area contributed by atoms with Crippen molar-refractivity contribution in [2.24, 2.45) is 0 Å². The molecule has 0 aliphatic carbocycles. The predicted octanol–water partition coefficient (Wildman–Crippen LogP) is 2.95. The molecule has 0 N–H and O–H groups in total. The lowest BCUT2D eigenvalue weighted by molar-refractivity contribution is -0.119. The van der Waals surface area contributed by atoms with Gasteiger partial charge < -0.3 is 4.90 Å². The highest BCUT2D eigenvalue weighted by Gasteiger charge is 2.30. The van der Waals surface area contributed by atoms with Gasteiger partial charge in [0.25, 0.3) is 5.56 Å². The zero-order valence-corrected chi connectivity index (χ0v) is 14.6. The number of nitrogens with zero attached hydrogens (tertiary/aromatic N) is 3. The topological polar surface area (TPSA) is 55.2 Å². The van der Waals surface area contributed by atoms with Crippen LogP contribution in [-0.2, 0) is 17.8 Å². The van der Waals surface area contributed by atoms with Crippen LogP contribution in [0.3, 0.4) is 0 Å². The number of hydrogen-bond acceptors (Lipinski definition) is 4. The van der Waals surface area contributed by atoms with E-state index in [4.69, 9.17) is 0 Å². The molecule has 0 fully saturated rings. The summed E-state index contributed by atoms with van der Waals surface area (Å²) in [6.07, 6.45) is 0.833. The highest BCUT2D eigenvalue weighted by molar-refractivity contribution is 7.13. The summed E-state index contributed by atoms with van der Waals surface area (Å²) in [4.78, 5) is 27.8. The average Bonchev–Trinajstić information content (AvgIpc) is 3.23. The molecule has 1 aliphatic heterocycles. The summed E-state index contributed by atoms with van der Waals surface area (Å²) in [7, 11) is 0. The Bertz CT molecular complexity index is 978. The Morgan fingerprint density at radius 1 is 1.20 bits per heavy atom. The van der Waals surface area contributed by atoms with Gasteiger partial charge in [0.05, 0.1) is 4.88 Å². The lowest BCUT2D eigenvalue weighted by atomic mass is 10.1. The zero-order valence-electron chi connectivity index (χ0n) is 13.8. The minimum atomic E-state index is -0.270. The summed E-state index contributed by atoms with van der Waals surface area (Å²) in [6, 6.07) is 15.0. The van der Waals surface area contributed by atoms with Gasteiger partial charge in [-0.2, -0.15) is 5.10 Å². The zero-order chi connectivity index (χ0) is 17.4. The van der Waals surface area contributed by atoms with Gasteiger partial charge in [0, 0.05) is 17.8 Å². The SMILES string of the molecule is C[C@@H]1Cc2ccccc2N1C(=O)Cn1nc(-c2cccs2)ccc1=O. The van der Waals surface area contributed by atoms with Crippen LogP contribution in [0.25, 0.3) is 10.6 Å². The number of carbonyl (C=O) groups excluding carboxylic acids is 1. The standard InChI is InChI=1S/C19H17N3O2S/c1-13-11-14-5-2-3-6-16(14)22(13)19(24)12-21-18(23)9-8-15(20-21)17-7-4-10-25-17/h2-10,13H,11-12H2,1H3/t13-/m1/s1. The van der Waals surface area contributed by atoms with Gasteiger partial charge in [0.15, 0.2) is 0 Å². The van der Waals surface area contributed by atoms with E-state index in [1.807, 2.05) is 48.7 Å². The molecule has 1 aromatic carbocycles. The summed E-state index contributed by atoms with van der Waals surface area (Å²) in [6.45, 7) is 1.97. The highest BCUT2D eigenvalue weighted by Crippen LogP contribution is 2.31. The minimum Gasteiger partial charge on any atom is -0.307 e. The number of rotatable bonds is 3. The van der Waals surface area contributed by atoms with Crippen molar-refractivity contribution >= 4 is 22.9 Å². The summed E-state index contributed by atoms with van der Waals surface area (Å²) < 4.78 is 1.25. The maximum Gasteiger partial charge on any atom is 0.267 e. The second kappa shape index (κ2) is 6.29. The van der Waals surface area contributed by atoms with E-state index >= 15 is 0 Å². The molecule has 2 aromatic heterocycles. The molecule has 3 heterocycles. The molecule has 0 saturated heterocycles. The van der Waals surface area contributed by atoms with Crippen molar-refractivity contribution in [3.8, 4) is 10.6 Å². The van der Waals surface area contributed by atoms with Crippen molar-refractivity contribution in [2.75, 3.05) is 4.90 Å². The number of thiophene rings is 1. The van der Waals surface area contributed by atoms with Crippen LogP contribution < -0.4 is 10.5 Å². The van der Waals surface area contributed by atoms with Gasteiger partial charge in [0.2, 0.25) is 5.91 Å². The Morgan fingerprint density at radius 3 is 2.84 bits per heavy atom. The fourth-order valence-corrected chi connectivity index (χ4v) is 3.96. The van der Waals surface area contributed by atoms with E-state index in [9.17, 15) is 9.59 Å². The van der Waals surface area contributed by atoms with Crippen LogP contribution in [0.15, 0.2) is 58.7 Å². The third-order valence-electron chi connectivity index (χ3n) is 4.40. The molecule has 126 valence electrons. The molecule has 0 bridgehead atoms. The number of aromatic nitrogens is 2. The van der Waals surface area contributed by atoms with Gasteiger partial charge in [-0.3, -0.25) is 9.59 Å². The molecule has 1 atom stereocenters. The molecule has 25 heavy (non-hydrogen) atoms. The van der Waals surface area contributed by atoms with Crippen LogP contribution in [0.1, 0.15) is 12.5 Å². The van der Waals surface area contributed by atoms with Crippen molar-refractivity contribution in [3.05, 3.63) is 69.8 Å². The first kappa shape index (κ1) is 15.8. The summed E-state index contributed by atoms with van der Waals surface area (Å²) in [5, 5.41) is 6.33. The normalized spacial score (nSPS) is 16.0. The fourth-order valence-electron chi connectivity index (χ4n) is 3.27. The van der Waals surface area contributed by atoms with Crippen LogP contribution >= 0.6 is 11.3 Å². The number of carbonyl (C=O) groups is 1. The monoisotopic (exact) mass is 351 g/mol. The molecule has 3 aromatic rings. The first-order valence-corrected chi connectivity index (χ1v) is 9.03. The maximum atomic E-state index is 12.9. The first-order valence-electron chi connectivity index (χ1n) is 8.15. The van der Waals surface area contributed by atoms with Gasteiger partial charge >= 0.3 is 0 Å². The molecule has 6 heteroatoms. The lowest BCUT2D eigenvalue weighted by Gasteiger charge is -2.22. The number of amides is 1. The van der Waals surface area contributed by atoms with Crippen LogP contribution in [0.4, 0.5) is 5.69 Å². The molecule has 5 nitrogen and oxygen atoms in total. The predicted molar refractivity (Wildman–Crippen MR) is 98.9 cm³/mol. The van der Waals surface area contributed by atoms with E-state index in [0.29, 0.717) is 5.69 Å². The van der Waals surface area contributed by atoms with Gasteiger partial charge in [-0.15, -0.1) is 11.3 Å². The number of hydrogen-bond donors (Lipinski definition) is 0. The summed E-state index contributed by atoms with van der Waals surface area (Å²) >= 11 is 1.55. The largest absolute Gasteiger partial charge is 0.307 e. The molecule has 0 radical (unpaired) electrons. The van der Waals surface area contributed by atoms with E-state index in [2.05, 4.69) is 5.10 Å². The van der Waals surface area contributed by atoms with E-state index in [1.54, 1.807) is 22.3 Å². The van der Waals surface area contributed by atoms with Crippen LogP contribution in [0, 0.1) is 0 Å². The summed E-state index contributed by atoms with van der Waals surface area (Å²) in [5.41, 5.74) is 2.53. The van der Waals surface area contributed by atoms with Crippen molar-refractivity contribution in [1.82, 2.24) is 9.78 Å². The summed E-state index contributed by atoms with van der Waals surface area (Å²) in [5.74, 6) is -0.115.